The molecule has 1 atom stereocenters. The summed E-state index contributed by atoms with van der Waals surface area (Å²) in [6.07, 6.45) is 3.42. The van der Waals surface area contributed by atoms with Gasteiger partial charge in [0.25, 0.3) is 0 Å². The Morgan fingerprint density at radius 1 is 1.17 bits per heavy atom. The Kier molecular flexibility index (Phi) is 7.31. The molecule has 0 radical (unpaired) electrons. The van der Waals surface area contributed by atoms with E-state index in [1.54, 1.807) is 0 Å². The van der Waals surface area contributed by atoms with Gasteiger partial charge in [-0.2, -0.15) is 0 Å². The fourth-order valence-electron chi connectivity index (χ4n) is 1.99. The third kappa shape index (κ3) is 4.27. The molecule has 0 spiro atoms. The van der Waals surface area contributed by atoms with Gasteiger partial charge in [-0.3, -0.25) is 0 Å². The standard InChI is InChI=1S/C15H22Br2O/c1-4-9-18-14-8-7-12(10-13(14)16)15(17)11(5-2)6-3/h7-8,10-11,15H,4-6,9H2,1-3H3. The molecule has 1 unspecified atom stereocenters. The van der Waals surface area contributed by atoms with Crippen molar-refractivity contribution in [3.05, 3.63) is 28.2 Å². The Hall–Kier alpha value is -0.0200. The van der Waals surface area contributed by atoms with E-state index in [-0.39, 0.29) is 0 Å². The predicted octanol–water partition coefficient (Wildman–Crippen LogP) is 6.11. The summed E-state index contributed by atoms with van der Waals surface area (Å²) >= 11 is 7.42. The smallest absolute Gasteiger partial charge is 0.133 e. The molecule has 0 bridgehead atoms. The van der Waals surface area contributed by atoms with Crippen LogP contribution in [0, 0.1) is 5.92 Å². The summed E-state index contributed by atoms with van der Waals surface area (Å²) in [5, 5.41) is 0. The summed E-state index contributed by atoms with van der Waals surface area (Å²) in [6.45, 7) is 7.37. The molecule has 1 rings (SSSR count). The number of benzene rings is 1. The van der Waals surface area contributed by atoms with Crippen LogP contribution in [-0.4, -0.2) is 6.61 Å². The predicted molar refractivity (Wildman–Crippen MR) is 85.7 cm³/mol. The third-order valence-electron chi connectivity index (χ3n) is 3.20. The first-order valence-corrected chi connectivity index (χ1v) is 8.41. The monoisotopic (exact) mass is 376 g/mol. The van der Waals surface area contributed by atoms with Crippen LogP contribution in [0.1, 0.15) is 50.4 Å². The van der Waals surface area contributed by atoms with Gasteiger partial charge in [0.15, 0.2) is 0 Å². The van der Waals surface area contributed by atoms with Gasteiger partial charge in [-0.1, -0.05) is 55.6 Å². The molecular weight excluding hydrogens is 356 g/mol. The molecule has 0 aliphatic rings. The van der Waals surface area contributed by atoms with Crippen LogP contribution in [0.3, 0.4) is 0 Å². The lowest BCUT2D eigenvalue weighted by molar-refractivity contribution is 0.315. The quantitative estimate of drug-likeness (QED) is 0.520. The van der Waals surface area contributed by atoms with E-state index in [4.69, 9.17) is 4.74 Å². The molecule has 0 heterocycles. The summed E-state index contributed by atoms with van der Waals surface area (Å²) < 4.78 is 6.72. The minimum absolute atomic E-state index is 0.420. The highest BCUT2D eigenvalue weighted by Crippen LogP contribution is 2.38. The van der Waals surface area contributed by atoms with E-state index < -0.39 is 0 Å². The Bertz CT molecular complexity index is 362. The van der Waals surface area contributed by atoms with Gasteiger partial charge in [0.1, 0.15) is 5.75 Å². The summed E-state index contributed by atoms with van der Waals surface area (Å²) in [5.41, 5.74) is 1.32. The van der Waals surface area contributed by atoms with Crippen LogP contribution in [0.2, 0.25) is 0 Å². The first kappa shape index (κ1) is 16.0. The molecule has 0 N–H and O–H groups in total. The zero-order chi connectivity index (χ0) is 13.5. The Morgan fingerprint density at radius 2 is 1.83 bits per heavy atom. The lowest BCUT2D eigenvalue weighted by Gasteiger charge is -2.20. The zero-order valence-electron chi connectivity index (χ0n) is 11.4. The first-order chi connectivity index (χ1) is 8.63. The number of hydrogen-bond donors (Lipinski definition) is 0. The summed E-state index contributed by atoms with van der Waals surface area (Å²) in [6, 6.07) is 6.39. The van der Waals surface area contributed by atoms with Crippen LogP contribution in [0.4, 0.5) is 0 Å². The fraction of sp³-hybridized carbons (Fsp3) is 0.600. The van der Waals surface area contributed by atoms with Gasteiger partial charge in [-0.15, -0.1) is 0 Å². The van der Waals surface area contributed by atoms with E-state index in [0.717, 1.165) is 23.2 Å². The van der Waals surface area contributed by atoms with E-state index in [2.05, 4.69) is 70.8 Å². The van der Waals surface area contributed by atoms with E-state index >= 15 is 0 Å². The molecule has 18 heavy (non-hydrogen) atoms. The molecule has 1 aromatic rings. The first-order valence-electron chi connectivity index (χ1n) is 6.70. The number of halogens is 2. The Labute approximate surface area is 128 Å². The SMILES string of the molecule is CCCOc1ccc(C(Br)C(CC)CC)cc1Br. The molecule has 0 aromatic heterocycles. The molecule has 0 aliphatic heterocycles. The van der Waals surface area contributed by atoms with Gasteiger partial charge < -0.3 is 4.74 Å². The van der Waals surface area contributed by atoms with Gasteiger partial charge in [-0.05, 0) is 46.0 Å². The molecule has 0 amide bonds. The van der Waals surface area contributed by atoms with Crippen LogP contribution in [0.25, 0.3) is 0 Å². The molecule has 102 valence electrons. The van der Waals surface area contributed by atoms with E-state index in [1.165, 1.54) is 18.4 Å². The van der Waals surface area contributed by atoms with Crippen LogP contribution in [-0.2, 0) is 0 Å². The van der Waals surface area contributed by atoms with Gasteiger partial charge in [-0.25, -0.2) is 0 Å². The van der Waals surface area contributed by atoms with Gasteiger partial charge in [0.2, 0.25) is 0 Å². The number of ether oxygens (including phenoxy) is 1. The van der Waals surface area contributed by atoms with Crippen LogP contribution in [0.5, 0.6) is 5.75 Å². The zero-order valence-corrected chi connectivity index (χ0v) is 14.6. The number of rotatable bonds is 7. The second-order valence-electron chi connectivity index (χ2n) is 4.52. The highest BCUT2D eigenvalue weighted by molar-refractivity contribution is 9.10. The topological polar surface area (TPSA) is 9.23 Å². The second kappa shape index (κ2) is 8.21. The molecule has 0 fully saturated rings. The maximum Gasteiger partial charge on any atom is 0.133 e. The maximum absolute atomic E-state index is 5.67. The molecular formula is C15H22Br2O. The van der Waals surface area contributed by atoms with E-state index in [9.17, 15) is 0 Å². The summed E-state index contributed by atoms with van der Waals surface area (Å²) in [4.78, 5) is 0.420. The molecule has 1 nitrogen and oxygen atoms in total. The van der Waals surface area contributed by atoms with Crippen LogP contribution in [0.15, 0.2) is 22.7 Å². The minimum atomic E-state index is 0.420. The van der Waals surface area contributed by atoms with Gasteiger partial charge in [0.05, 0.1) is 11.1 Å². The second-order valence-corrected chi connectivity index (χ2v) is 6.36. The van der Waals surface area contributed by atoms with E-state index in [0.29, 0.717) is 10.7 Å². The van der Waals surface area contributed by atoms with Gasteiger partial charge in [0, 0.05) is 4.83 Å². The van der Waals surface area contributed by atoms with Crippen molar-refractivity contribution in [1.29, 1.82) is 0 Å². The average Bonchev–Trinajstić information content (AvgIpc) is 2.38. The Balaban J connectivity index is 2.82. The normalized spacial score (nSPS) is 12.8. The highest BCUT2D eigenvalue weighted by Gasteiger charge is 2.18. The van der Waals surface area contributed by atoms with Crippen molar-refractivity contribution < 1.29 is 4.74 Å². The van der Waals surface area contributed by atoms with Crippen molar-refractivity contribution in [2.45, 2.75) is 44.9 Å². The molecule has 0 saturated carbocycles. The lowest BCUT2D eigenvalue weighted by Crippen LogP contribution is -2.05. The van der Waals surface area contributed by atoms with Crippen molar-refractivity contribution in [1.82, 2.24) is 0 Å². The van der Waals surface area contributed by atoms with Crippen molar-refractivity contribution in [2.24, 2.45) is 5.92 Å². The van der Waals surface area contributed by atoms with Crippen molar-refractivity contribution in [3.63, 3.8) is 0 Å². The highest BCUT2D eigenvalue weighted by atomic mass is 79.9. The van der Waals surface area contributed by atoms with Crippen LogP contribution < -0.4 is 4.74 Å². The third-order valence-corrected chi connectivity index (χ3v) is 5.09. The number of hydrogen-bond acceptors (Lipinski definition) is 1. The largest absolute Gasteiger partial charge is 0.492 e. The van der Waals surface area contributed by atoms with Gasteiger partial charge >= 0.3 is 0 Å². The maximum atomic E-state index is 5.67. The minimum Gasteiger partial charge on any atom is -0.492 e. The summed E-state index contributed by atoms with van der Waals surface area (Å²) in [5.74, 6) is 1.61. The molecule has 0 saturated heterocycles. The number of alkyl halides is 1. The summed E-state index contributed by atoms with van der Waals surface area (Å²) in [7, 11) is 0. The van der Waals surface area contributed by atoms with Crippen LogP contribution >= 0.6 is 31.9 Å². The molecule has 3 heteroatoms. The Morgan fingerprint density at radius 3 is 2.33 bits per heavy atom. The molecule has 1 aromatic carbocycles. The van der Waals surface area contributed by atoms with Crippen molar-refractivity contribution in [3.8, 4) is 5.75 Å². The average molecular weight is 378 g/mol. The molecule has 0 aliphatic carbocycles. The van der Waals surface area contributed by atoms with Crippen molar-refractivity contribution >= 4 is 31.9 Å². The van der Waals surface area contributed by atoms with Crippen molar-refractivity contribution in [2.75, 3.05) is 6.61 Å². The van der Waals surface area contributed by atoms with E-state index in [1.807, 2.05) is 0 Å². The fourth-order valence-corrected chi connectivity index (χ4v) is 3.54. The lowest BCUT2D eigenvalue weighted by atomic mass is 9.94.